The van der Waals surface area contributed by atoms with Crippen LogP contribution in [0.1, 0.15) is 23.7 Å². The van der Waals surface area contributed by atoms with Gasteiger partial charge in [0.2, 0.25) is 0 Å². The molecule has 1 rings (SSSR count). The van der Waals surface area contributed by atoms with Crippen LogP contribution in [0, 0.1) is 12.7 Å². The van der Waals surface area contributed by atoms with Crippen LogP contribution in [0.3, 0.4) is 0 Å². The molecule has 0 spiro atoms. The van der Waals surface area contributed by atoms with Crippen molar-refractivity contribution in [3.63, 3.8) is 0 Å². The van der Waals surface area contributed by atoms with E-state index in [0.717, 1.165) is 5.56 Å². The minimum absolute atomic E-state index is 0.197. The number of halogens is 1. The first-order valence-corrected chi connectivity index (χ1v) is 4.83. The summed E-state index contributed by atoms with van der Waals surface area (Å²) in [6, 6.07) is 2.94. The SMILES string of the molecule is COc1c(C)ccc(F)c1C(O)CCN. The molecule has 4 heteroatoms. The molecule has 15 heavy (non-hydrogen) atoms. The number of rotatable bonds is 4. The van der Waals surface area contributed by atoms with Crippen LogP contribution in [-0.2, 0) is 0 Å². The Kier molecular flexibility index (Phi) is 4.05. The Morgan fingerprint density at radius 3 is 2.73 bits per heavy atom. The molecule has 0 saturated heterocycles. The summed E-state index contributed by atoms with van der Waals surface area (Å²) in [6.45, 7) is 2.11. The van der Waals surface area contributed by atoms with E-state index in [1.807, 2.05) is 0 Å². The van der Waals surface area contributed by atoms with E-state index in [-0.39, 0.29) is 5.56 Å². The van der Waals surface area contributed by atoms with Gasteiger partial charge in [-0.15, -0.1) is 0 Å². The highest BCUT2D eigenvalue weighted by Crippen LogP contribution is 2.32. The van der Waals surface area contributed by atoms with Crippen LogP contribution < -0.4 is 10.5 Å². The van der Waals surface area contributed by atoms with E-state index in [1.165, 1.54) is 13.2 Å². The highest BCUT2D eigenvalue weighted by Gasteiger charge is 2.19. The van der Waals surface area contributed by atoms with Gasteiger partial charge in [0, 0.05) is 0 Å². The lowest BCUT2D eigenvalue weighted by Gasteiger charge is -2.16. The molecule has 0 aliphatic rings. The Morgan fingerprint density at radius 2 is 2.20 bits per heavy atom. The van der Waals surface area contributed by atoms with Gasteiger partial charge in [0.25, 0.3) is 0 Å². The fourth-order valence-corrected chi connectivity index (χ4v) is 1.57. The van der Waals surface area contributed by atoms with Crippen molar-refractivity contribution in [1.29, 1.82) is 0 Å². The summed E-state index contributed by atoms with van der Waals surface area (Å²) in [5, 5.41) is 9.74. The second-order valence-corrected chi connectivity index (χ2v) is 3.40. The molecule has 0 saturated carbocycles. The maximum Gasteiger partial charge on any atom is 0.132 e. The molecule has 3 N–H and O–H groups in total. The molecule has 0 aromatic heterocycles. The number of methoxy groups -OCH3 is 1. The molecule has 0 bridgehead atoms. The summed E-state index contributed by atoms with van der Waals surface area (Å²) in [5.41, 5.74) is 6.32. The standard InChI is InChI=1S/C11H16FNO2/c1-7-3-4-8(12)10(11(7)15-2)9(14)5-6-13/h3-4,9,14H,5-6,13H2,1-2H3. The monoisotopic (exact) mass is 213 g/mol. The van der Waals surface area contributed by atoms with Gasteiger partial charge in [0.15, 0.2) is 0 Å². The van der Waals surface area contributed by atoms with Crippen molar-refractivity contribution in [2.24, 2.45) is 5.73 Å². The summed E-state index contributed by atoms with van der Waals surface area (Å²) in [5.74, 6) is -0.0608. The van der Waals surface area contributed by atoms with E-state index in [9.17, 15) is 9.50 Å². The average molecular weight is 213 g/mol. The third kappa shape index (κ3) is 2.46. The third-order valence-corrected chi connectivity index (χ3v) is 2.32. The molecule has 3 nitrogen and oxygen atoms in total. The van der Waals surface area contributed by atoms with E-state index >= 15 is 0 Å². The van der Waals surface area contributed by atoms with Gasteiger partial charge in [-0.3, -0.25) is 0 Å². The van der Waals surface area contributed by atoms with E-state index in [2.05, 4.69) is 0 Å². The lowest BCUT2D eigenvalue weighted by Crippen LogP contribution is -2.10. The van der Waals surface area contributed by atoms with Crippen molar-refractivity contribution in [3.05, 3.63) is 29.1 Å². The predicted molar refractivity (Wildman–Crippen MR) is 56.3 cm³/mol. The van der Waals surface area contributed by atoms with Crippen molar-refractivity contribution in [2.75, 3.05) is 13.7 Å². The Balaban J connectivity index is 3.18. The van der Waals surface area contributed by atoms with Gasteiger partial charge in [0.05, 0.1) is 18.8 Å². The van der Waals surface area contributed by atoms with Crippen molar-refractivity contribution >= 4 is 0 Å². The zero-order valence-corrected chi connectivity index (χ0v) is 8.96. The number of hydrogen-bond acceptors (Lipinski definition) is 3. The number of nitrogens with two attached hydrogens (primary N) is 1. The van der Waals surface area contributed by atoms with E-state index in [1.54, 1.807) is 13.0 Å². The molecule has 1 aromatic rings. The van der Waals surface area contributed by atoms with Crippen LogP contribution in [0.5, 0.6) is 5.75 Å². The van der Waals surface area contributed by atoms with Gasteiger partial charge in [-0.05, 0) is 31.5 Å². The molecule has 0 heterocycles. The van der Waals surface area contributed by atoms with Crippen molar-refractivity contribution < 1.29 is 14.2 Å². The zero-order valence-electron chi connectivity index (χ0n) is 8.96. The smallest absolute Gasteiger partial charge is 0.132 e. The van der Waals surface area contributed by atoms with Crippen LogP contribution in [0.25, 0.3) is 0 Å². The van der Waals surface area contributed by atoms with Gasteiger partial charge in [-0.2, -0.15) is 0 Å². The van der Waals surface area contributed by atoms with Gasteiger partial charge in [-0.1, -0.05) is 6.07 Å². The molecular formula is C11H16FNO2. The van der Waals surface area contributed by atoms with Crippen molar-refractivity contribution in [3.8, 4) is 5.75 Å². The van der Waals surface area contributed by atoms with E-state index in [4.69, 9.17) is 10.5 Å². The molecule has 1 unspecified atom stereocenters. The first-order valence-electron chi connectivity index (χ1n) is 4.83. The van der Waals surface area contributed by atoms with Gasteiger partial charge in [-0.25, -0.2) is 4.39 Å². The van der Waals surface area contributed by atoms with Gasteiger partial charge in [0.1, 0.15) is 11.6 Å². The summed E-state index contributed by atoms with van der Waals surface area (Å²) in [4.78, 5) is 0. The molecule has 0 fully saturated rings. The summed E-state index contributed by atoms with van der Waals surface area (Å²) >= 11 is 0. The highest BCUT2D eigenvalue weighted by atomic mass is 19.1. The third-order valence-electron chi connectivity index (χ3n) is 2.32. The Morgan fingerprint density at radius 1 is 1.53 bits per heavy atom. The van der Waals surface area contributed by atoms with E-state index in [0.29, 0.717) is 18.7 Å². The number of benzene rings is 1. The number of aliphatic hydroxyl groups is 1. The second kappa shape index (κ2) is 5.09. The number of hydrogen-bond donors (Lipinski definition) is 2. The lowest BCUT2D eigenvalue weighted by molar-refractivity contribution is 0.161. The fourth-order valence-electron chi connectivity index (χ4n) is 1.57. The molecule has 0 radical (unpaired) electrons. The molecule has 1 atom stereocenters. The highest BCUT2D eigenvalue weighted by molar-refractivity contribution is 5.43. The molecule has 0 amide bonds. The summed E-state index contributed by atoms with van der Waals surface area (Å²) < 4.78 is 18.6. The normalized spacial score (nSPS) is 12.6. The Hall–Kier alpha value is -1.13. The largest absolute Gasteiger partial charge is 0.496 e. The van der Waals surface area contributed by atoms with Gasteiger partial charge < -0.3 is 15.6 Å². The fraction of sp³-hybridized carbons (Fsp3) is 0.455. The maximum atomic E-state index is 13.5. The Labute approximate surface area is 88.7 Å². The maximum absolute atomic E-state index is 13.5. The molecule has 0 aliphatic heterocycles. The number of aryl methyl sites for hydroxylation is 1. The number of aliphatic hydroxyl groups excluding tert-OH is 1. The van der Waals surface area contributed by atoms with Crippen molar-refractivity contribution in [1.82, 2.24) is 0 Å². The molecule has 0 aliphatic carbocycles. The second-order valence-electron chi connectivity index (χ2n) is 3.40. The summed E-state index contributed by atoms with van der Waals surface area (Å²) in [6.07, 6.45) is -0.596. The topological polar surface area (TPSA) is 55.5 Å². The lowest BCUT2D eigenvalue weighted by atomic mass is 10.0. The van der Waals surface area contributed by atoms with Crippen LogP contribution in [-0.4, -0.2) is 18.8 Å². The zero-order chi connectivity index (χ0) is 11.4. The van der Waals surface area contributed by atoms with Crippen LogP contribution in [0.4, 0.5) is 4.39 Å². The minimum Gasteiger partial charge on any atom is -0.496 e. The minimum atomic E-state index is -0.912. The first-order chi connectivity index (χ1) is 7.11. The molecular weight excluding hydrogens is 197 g/mol. The van der Waals surface area contributed by atoms with Crippen molar-refractivity contribution in [2.45, 2.75) is 19.4 Å². The van der Waals surface area contributed by atoms with E-state index < -0.39 is 11.9 Å². The average Bonchev–Trinajstić information content (AvgIpc) is 2.21. The van der Waals surface area contributed by atoms with Crippen LogP contribution in [0.2, 0.25) is 0 Å². The van der Waals surface area contributed by atoms with Crippen LogP contribution in [0.15, 0.2) is 12.1 Å². The Bertz CT molecular complexity index is 342. The van der Waals surface area contributed by atoms with Gasteiger partial charge >= 0.3 is 0 Å². The molecule has 84 valence electrons. The summed E-state index contributed by atoms with van der Waals surface area (Å²) in [7, 11) is 1.46. The number of ether oxygens (including phenoxy) is 1. The quantitative estimate of drug-likeness (QED) is 0.797. The predicted octanol–water partition coefficient (Wildman–Crippen LogP) is 1.52. The molecule has 1 aromatic carbocycles. The first kappa shape index (κ1) is 11.9. The van der Waals surface area contributed by atoms with Crippen LogP contribution >= 0.6 is 0 Å².